The summed E-state index contributed by atoms with van der Waals surface area (Å²) in [7, 11) is 0. The second-order valence-corrected chi connectivity index (χ2v) is 4.85. The summed E-state index contributed by atoms with van der Waals surface area (Å²) in [6, 6.07) is 11.6. The molecule has 0 atom stereocenters. The fourth-order valence-corrected chi connectivity index (χ4v) is 1.94. The van der Waals surface area contributed by atoms with E-state index in [0.29, 0.717) is 23.8 Å². The lowest BCUT2D eigenvalue weighted by Gasteiger charge is -2.14. The molecule has 0 amide bonds. The van der Waals surface area contributed by atoms with Gasteiger partial charge >= 0.3 is 0 Å². The largest absolute Gasteiger partial charge is 0.493 e. The van der Waals surface area contributed by atoms with Crippen molar-refractivity contribution in [3.8, 4) is 5.75 Å². The monoisotopic (exact) mass is 258 g/mol. The van der Waals surface area contributed by atoms with Crippen LogP contribution in [-0.4, -0.2) is 17.6 Å². The minimum atomic E-state index is 0.0653. The van der Waals surface area contributed by atoms with E-state index in [1.807, 2.05) is 36.4 Å². The lowest BCUT2D eigenvalue weighted by molar-refractivity contribution is 0.270. The van der Waals surface area contributed by atoms with Gasteiger partial charge in [0, 0.05) is 0 Å². The van der Waals surface area contributed by atoms with E-state index in [1.165, 1.54) is 0 Å². The van der Waals surface area contributed by atoms with Gasteiger partial charge in [0.2, 0.25) is 0 Å². The van der Waals surface area contributed by atoms with Crippen molar-refractivity contribution in [2.24, 2.45) is 16.8 Å². The van der Waals surface area contributed by atoms with Gasteiger partial charge in [0.15, 0.2) is 5.84 Å². The minimum absolute atomic E-state index is 0.0653. The van der Waals surface area contributed by atoms with Gasteiger partial charge in [-0.05, 0) is 22.8 Å². The van der Waals surface area contributed by atoms with Gasteiger partial charge in [-0.25, -0.2) is 0 Å². The number of fused-ring (bicyclic) bond motifs is 1. The zero-order chi connectivity index (χ0) is 13.8. The van der Waals surface area contributed by atoms with Crippen molar-refractivity contribution >= 4 is 16.6 Å². The summed E-state index contributed by atoms with van der Waals surface area (Å²) < 4.78 is 5.76. The molecule has 2 rings (SSSR count). The number of oxime groups is 1. The standard InChI is InChI=1S/C15H18N2O2/c1-10(2)9-19-13-8-7-11-5-3-4-6-12(11)14(13)15(16)17-18/h3-8,10,18H,9H2,1-2H3,(H2,16,17). The van der Waals surface area contributed by atoms with E-state index in [9.17, 15) is 0 Å². The predicted molar refractivity (Wildman–Crippen MR) is 76.8 cm³/mol. The zero-order valence-electron chi connectivity index (χ0n) is 11.1. The smallest absolute Gasteiger partial charge is 0.174 e. The Morgan fingerprint density at radius 1 is 1.26 bits per heavy atom. The van der Waals surface area contributed by atoms with Gasteiger partial charge in [-0.15, -0.1) is 0 Å². The number of nitrogens with two attached hydrogens (primary N) is 1. The Kier molecular flexibility index (Phi) is 3.90. The van der Waals surface area contributed by atoms with Gasteiger partial charge in [-0.2, -0.15) is 0 Å². The molecule has 0 aliphatic rings. The van der Waals surface area contributed by atoms with E-state index in [4.69, 9.17) is 15.7 Å². The molecular weight excluding hydrogens is 240 g/mol. The van der Waals surface area contributed by atoms with Crippen molar-refractivity contribution < 1.29 is 9.94 Å². The Bertz CT molecular complexity index is 606. The van der Waals surface area contributed by atoms with Gasteiger partial charge in [0.25, 0.3) is 0 Å². The van der Waals surface area contributed by atoms with Crippen LogP contribution in [0.2, 0.25) is 0 Å². The highest BCUT2D eigenvalue weighted by atomic mass is 16.5. The van der Waals surface area contributed by atoms with Crippen molar-refractivity contribution in [2.45, 2.75) is 13.8 Å². The number of nitrogens with zero attached hydrogens (tertiary/aromatic N) is 1. The summed E-state index contributed by atoms with van der Waals surface area (Å²) in [4.78, 5) is 0. The van der Waals surface area contributed by atoms with Crippen LogP contribution in [0.15, 0.2) is 41.6 Å². The van der Waals surface area contributed by atoms with Crippen LogP contribution in [0.3, 0.4) is 0 Å². The third-order valence-corrected chi connectivity index (χ3v) is 2.83. The predicted octanol–water partition coefficient (Wildman–Crippen LogP) is 2.97. The maximum absolute atomic E-state index is 8.96. The van der Waals surface area contributed by atoms with Crippen molar-refractivity contribution in [3.63, 3.8) is 0 Å². The topological polar surface area (TPSA) is 67.8 Å². The zero-order valence-corrected chi connectivity index (χ0v) is 11.1. The molecule has 0 saturated carbocycles. The summed E-state index contributed by atoms with van der Waals surface area (Å²) in [6.07, 6.45) is 0. The molecule has 0 radical (unpaired) electrons. The third kappa shape index (κ3) is 2.78. The maximum Gasteiger partial charge on any atom is 0.174 e. The normalized spacial score (nSPS) is 12.1. The van der Waals surface area contributed by atoms with Crippen LogP contribution in [0.5, 0.6) is 5.75 Å². The van der Waals surface area contributed by atoms with Crippen LogP contribution in [-0.2, 0) is 0 Å². The summed E-state index contributed by atoms with van der Waals surface area (Å²) >= 11 is 0. The van der Waals surface area contributed by atoms with E-state index in [2.05, 4.69) is 19.0 Å². The molecule has 2 aromatic rings. The highest BCUT2D eigenvalue weighted by Gasteiger charge is 2.13. The first-order valence-electron chi connectivity index (χ1n) is 6.26. The Labute approximate surface area is 112 Å². The SMILES string of the molecule is CC(C)COc1ccc2ccccc2c1/C(N)=N/O. The first-order valence-corrected chi connectivity index (χ1v) is 6.26. The molecule has 0 aromatic heterocycles. The summed E-state index contributed by atoms with van der Waals surface area (Å²) in [6.45, 7) is 4.73. The Hall–Kier alpha value is -2.23. The Balaban J connectivity index is 2.56. The average molecular weight is 258 g/mol. The molecule has 0 spiro atoms. The molecule has 0 bridgehead atoms. The molecule has 4 heteroatoms. The highest BCUT2D eigenvalue weighted by molar-refractivity contribution is 6.11. The number of benzene rings is 2. The third-order valence-electron chi connectivity index (χ3n) is 2.83. The van der Waals surface area contributed by atoms with Crippen molar-refractivity contribution in [1.29, 1.82) is 0 Å². The molecule has 0 aliphatic heterocycles. The van der Waals surface area contributed by atoms with Gasteiger partial charge in [-0.3, -0.25) is 0 Å². The molecule has 19 heavy (non-hydrogen) atoms. The summed E-state index contributed by atoms with van der Waals surface area (Å²) in [5.41, 5.74) is 6.43. The quantitative estimate of drug-likeness (QED) is 0.383. The van der Waals surface area contributed by atoms with Crippen LogP contribution in [0.1, 0.15) is 19.4 Å². The van der Waals surface area contributed by atoms with Gasteiger partial charge < -0.3 is 15.7 Å². The average Bonchev–Trinajstić information content (AvgIpc) is 2.43. The van der Waals surface area contributed by atoms with Crippen LogP contribution in [0, 0.1) is 5.92 Å². The molecule has 0 unspecified atom stereocenters. The molecule has 0 saturated heterocycles. The molecule has 3 N–H and O–H groups in total. The second kappa shape index (κ2) is 5.61. The fourth-order valence-electron chi connectivity index (χ4n) is 1.94. The first-order chi connectivity index (χ1) is 9.13. The molecule has 0 heterocycles. The second-order valence-electron chi connectivity index (χ2n) is 4.85. The van der Waals surface area contributed by atoms with Gasteiger partial charge in [0.1, 0.15) is 5.75 Å². The summed E-state index contributed by atoms with van der Waals surface area (Å²) in [5, 5.41) is 14.0. The van der Waals surface area contributed by atoms with E-state index >= 15 is 0 Å². The highest BCUT2D eigenvalue weighted by Crippen LogP contribution is 2.28. The molecule has 2 aromatic carbocycles. The Morgan fingerprint density at radius 3 is 2.68 bits per heavy atom. The van der Waals surface area contributed by atoms with Gasteiger partial charge in [-0.1, -0.05) is 49.3 Å². The van der Waals surface area contributed by atoms with Gasteiger partial charge in [0.05, 0.1) is 12.2 Å². The van der Waals surface area contributed by atoms with Crippen molar-refractivity contribution in [3.05, 3.63) is 42.0 Å². The summed E-state index contributed by atoms with van der Waals surface area (Å²) in [5.74, 6) is 1.12. The first kappa shape index (κ1) is 13.2. The van der Waals surface area contributed by atoms with E-state index < -0.39 is 0 Å². The van der Waals surface area contributed by atoms with Crippen LogP contribution in [0.25, 0.3) is 10.8 Å². The Morgan fingerprint density at radius 2 is 2.00 bits per heavy atom. The van der Waals surface area contributed by atoms with Crippen molar-refractivity contribution in [2.75, 3.05) is 6.61 Å². The van der Waals surface area contributed by atoms with Crippen LogP contribution in [0.4, 0.5) is 0 Å². The van der Waals surface area contributed by atoms with Crippen LogP contribution < -0.4 is 10.5 Å². The lowest BCUT2D eigenvalue weighted by atomic mass is 10.0. The molecular formula is C15H18N2O2. The minimum Gasteiger partial charge on any atom is -0.493 e. The maximum atomic E-state index is 8.96. The number of ether oxygens (including phenoxy) is 1. The number of hydrogen-bond acceptors (Lipinski definition) is 3. The molecule has 0 fully saturated rings. The number of hydrogen-bond donors (Lipinski definition) is 2. The number of amidine groups is 1. The number of rotatable bonds is 4. The molecule has 100 valence electrons. The van der Waals surface area contributed by atoms with Crippen LogP contribution >= 0.6 is 0 Å². The van der Waals surface area contributed by atoms with E-state index in [0.717, 1.165) is 10.8 Å². The molecule has 4 nitrogen and oxygen atoms in total. The molecule has 0 aliphatic carbocycles. The lowest BCUT2D eigenvalue weighted by Crippen LogP contribution is -2.16. The van der Waals surface area contributed by atoms with E-state index in [1.54, 1.807) is 0 Å². The van der Waals surface area contributed by atoms with E-state index in [-0.39, 0.29) is 5.84 Å². The van der Waals surface area contributed by atoms with Crippen molar-refractivity contribution in [1.82, 2.24) is 0 Å². The fraction of sp³-hybridized carbons (Fsp3) is 0.267.